The smallest absolute Gasteiger partial charge is 0.118 e. The van der Waals surface area contributed by atoms with Crippen LogP contribution in [0.1, 0.15) is 12.2 Å². The molecular weight excluding hydrogens is 360 g/mol. The molecule has 0 atom stereocenters. The number of fused-ring (bicyclic) bond motifs is 1. The third-order valence-electron chi connectivity index (χ3n) is 3.13. The van der Waals surface area contributed by atoms with Crippen LogP contribution in [0.4, 0.5) is 0 Å². The van der Waals surface area contributed by atoms with Crippen molar-refractivity contribution in [3.05, 3.63) is 34.7 Å². The molecule has 1 aromatic heterocycles. The van der Waals surface area contributed by atoms with Gasteiger partial charge in [0.25, 0.3) is 0 Å². The Labute approximate surface area is 125 Å². The van der Waals surface area contributed by atoms with E-state index in [1.54, 1.807) is 7.11 Å². The molecule has 1 aliphatic rings. The largest absolute Gasteiger partial charge is 0.497 e. The maximum Gasteiger partial charge on any atom is 0.118 e. The van der Waals surface area contributed by atoms with Gasteiger partial charge in [0, 0.05) is 18.5 Å². The first-order valence-corrected chi connectivity index (χ1v) is 6.48. The molecular formula is C13H14Br2N2O. The SMILES string of the molecule is Br.COc1ccc(-c2nc3n(c2Br)CCC3)cc1. The fourth-order valence-electron chi connectivity index (χ4n) is 2.22. The third-order valence-corrected chi connectivity index (χ3v) is 3.93. The zero-order valence-corrected chi connectivity index (χ0v) is 13.3. The van der Waals surface area contributed by atoms with Crippen molar-refractivity contribution < 1.29 is 4.74 Å². The molecule has 0 saturated heterocycles. The minimum Gasteiger partial charge on any atom is -0.497 e. The van der Waals surface area contributed by atoms with Crippen molar-refractivity contribution in [2.24, 2.45) is 0 Å². The van der Waals surface area contributed by atoms with E-state index in [4.69, 9.17) is 9.72 Å². The van der Waals surface area contributed by atoms with Crippen LogP contribution >= 0.6 is 32.9 Å². The topological polar surface area (TPSA) is 27.1 Å². The Kier molecular flexibility index (Phi) is 4.12. The van der Waals surface area contributed by atoms with Crippen LogP contribution in [0.2, 0.25) is 0 Å². The van der Waals surface area contributed by atoms with E-state index in [-0.39, 0.29) is 17.0 Å². The number of hydrogen-bond acceptors (Lipinski definition) is 2. The number of nitrogens with zero attached hydrogens (tertiary/aromatic N) is 2. The third kappa shape index (κ3) is 2.21. The Balaban J connectivity index is 0.00000120. The second kappa shape index (κ2) is 5.45. The van der Waals surface area contributed by atoms with Crippen LogP contribution in [0.3, 0.4) is 0 Å². The standard InChI is InChI=1S/C13H13BrN2O.BrH/c1-17-10-6-4-9(5-7-10)12-13(14)16-8-2-3-11(16)15-12;/h4-7H,2-3,8H2,1H3;1H. The van der Waals surface area contributed by atoms with E-state index < -0.39 is 0 Å². The van der Waals surface area contributed by atoms with Crippen molar-refractivity contribution in [1.29, 1.82) is 0 Å². The number of hydrogen-bond donors (Lipinski definition) is 0. The predicted molar refractivity (Wildman–Crippen MR) is 80.6 cm³/mol. The summed E-state index contributed by atoms with van der Waals surface area (Å²) in [5.74, 6) is 2.05. The van der Waals surface area contributed by atoms with Crippen LogP contribution in [0.5, 0.6) is 5.75 Å². The molecule has 1 aromatic carbocycles. The van der Waals surface area contributed by atoms with E-state index in [2.05, 4.69) is 20.5 Å². The van der Waals surface area contributed by atoms with E-state index in [1.165, 1.54) is 12.2 Å². The monoisotopic (exact) mass is 372 g/mol. The van der Waals surface area contributed by atoms with Gasteiger partial charge in [0.2, 0.25) is 0 Å². The number of ether oxygens (including phenoxy) is 1. The number of aryl methyl sites for hydroxylation is 1. The zero-order valence-electron chi connectivity index (χ0n) is 10.0. The van der Waals surface area contributed by atoms with Gasteiger partial charge in [-0.3, -0.25) is 0 Å². The Morgan fingerprint density at radius 3 is 2.61 bits per heavy atom. The molecule has 0 unspecified atom stereocenters. The zero-order chi connectivity index (χ0) is 11.8. The summed E-state index contributed by atoms with van der Waals surface area (Å²) in [5, 5.41) is 0. The van der Waals surface area contributed by atoms with E-state index >= 15 is 0 Å². The van der Waals surface area contributed by atoms with E-state index in [1.807, 2.05) is 24.3 Å². The number of rotatable bonds is 2. The van der Waals surface area contributed by atoms with Crippen molar-refractivity contribution in [3.63, 3.8) is 0 Å². The van der Waals surface area contributed by atoms with Crippen molar-refractivity contribution in [2.75, 3.05) is 7.11 Å². The first-order chi connectivity index (χ1) is 8.29. The summed E-state index contributed by atoms with van der Waals surface area (Å²) in [7, 11) is 1.68. The van der Waals surface area contributed by atoms with Gasteiger partial charge in [-0.25, -0.2) is 4.98 Å². The molecule has 2 aromatic rings. The minimum atomic E-state index is 0. The van der Waals surface area contributed by atoms with Crippen molar-refractivity contribution in [2.45, 2.75) is 19.4 Å². The molecule has 3 rings (SSSR count). The molecule has 0 amide bonds. The summed E-state index contributed by atoms with van der Waals surface area (Å²) in [6.45, 7) is 1.07. The molecule has 5 heteroatoms. The first-order valence-electron chi connectivity index (χ1n) is 5.69. The lowest BCUT2D eigenvalue weighted by molar-refractivity contribution is 0.415. The number of benzene rings is 1. The summed E-state index contributed by atoms with van der Waals surface area (Å²) < 4.78 is 8.50. The van der Waals surface area contributed by atoms with Gasteiger partial charge in [0.05, 0.1) is 7.11 Å². The highest BCUT2D eigenvalue weighted by Crippen LogP contribution is 2.32. The van der Waals surface area contributed by atoms with Gasteiger partial charge in [-0.2, -0.15) is 0 Å². The number of halogens is 2. The lowest BCUT2D eigenvalue weighted by atomic mass is 10.1. The Morgan fingerprint density at radius 1 is 1.28 bits per heavy atom. The van der Waals surface area contributed by atoms with Gasteiger partial charge in [-0.15, -0.1) is 17.0 Å². The van der Waals surface area contributed by atoms with Crippen LogP contribution in [0, 0.1) is 0 Å². The molecule has 2 heterocycles. The molecule has 0 saturated carbocycles. The van der Waals surface area contributed by atoms with Crippen LogP contribution in [0.15, 0.2) is 28.9 Å². The van der Waals surface area contributed by atoms with Gasteiger partial charge < -0.3 is 9.30 Å². The first kappa shape index (κ1) is 13.6. The lowest BCUT2D eigenvalue weighted by Crippen LogP contribution is -1.91. The lowest BCUT2D eigenvalue weighted by Gasteiger charge is -2.02. The molecule has 0 bridgehead atoms. The van der Waals surface area contributed by atoms with Gasteiger partial charge in [0.1, 0.15) is 21.9 Å². The molecule has 0 fully saturated rings. The van der Waals surface area contributed by atoms with E-state index in [0.717, 1.165) is 34.6 Å². The fraction of sp³-hybridized carbons (Fsp3) is 0.308. The fourth-order valence-corrected chi connectivity index (χ4v) is 2.92. The Hall–Kier alpha value is -0.810. The van der Waals surface area contributed by atoms with Gasteiger partial charge in [-0.05, 0) is 46.6 Å². The molecule has 96 valence electrons. The Morgan fingerprint density at radius 2 is 2.00 bits per heavy atom. The second-order valence-electron chi connectivity index (χ2n) is 4.15. The van der Waals surface area contributed by atoms with Gasteiger partial charge >= 0.3 is 0 Å². The average Bonchev–Trinajstić information content (AvgIpc) is 2.93. The maximum atomic E-state index is 5.16. The summed E-state index contributed by atoms with van der Waals surface area (Å²) in [5.41, 5.74) is 2.15. The van der Waals surface area contributed by atoms with E-state index in [9.17, 15) is 0 Å². The highest BCUT2D eigenvalue weighted by atomic mass is 79.9. The van der Waals surface area contributed by atoms with Crippen LogP contribution in [-0.2, 0) is 13.0 Å². The summed E-state index contributed by atoms with van der Waals surface area (Å²) in [6, 6.07) is 8.02. The second-order valence-corrected chi connectivity index (χ2v) is 4.90. The van der Waals surface area contributed by atoms with Crippen LogP contribution in [-0.4, -0.2) is 16.7 Å². The van der Waals surface area contributed by atoms with Gasteiger partial charge in [0.15, 0.2) is 0 Å². The summed E-state index contributed by atoms with van der Waals surface area (Å²) in [4.78, 5) is 4.69. The Bertz CT molecular complexity index is 549. The van der Waals surface area contributed by atoms with Crippen molar-refractivity contribution in [1.82, 2.24) is 9.55 Å². The summed E-state index contributed by atoms with van der Waals surface area (Å²) >= 11 is 3.64. The normalized spacial score (nSPS) is 13.0. The quantitative estimate of drug-likeness (QED) is 0.799. The molecule has 0 radical (unpaired) electrons. The molecule has 0 N–H and O–H groups in total. The summed E-state index contributed by atoms with van der Waals surface area (Å²) in [6.07, 6.45) is 2.28. The highest BCUT2D eigenvalue weighted by molar-refractivity contribution is 9.10. The number of imidazole rings is 1. The van der Waals surface area contributed by atoms with Crippen LogP contribution in [0.25, 0.3) is 11.3 Å². The van der Waals surface area contributed by atoms with Gasteiger partial charge in [-0.1, -0.05) is 0 Å². The average molecular weight is 374 g/mol. The number of aromatic nitrogens is 2. The molecule has 18 heavy (non-hydrogen) atoms. The predicted octanol–water partition coefficient (Wildman–Crippen LogP) is 3.85. The van der Waals surface area contributed by atoms with Crippen molar-refractivity contribution in [3.8, 4) is 17.0 Å². The molecule has 3 nitrogen and oxygen atoms in total. The molecule has 1 aliphatic heterocycles. The maximum absolute atomic E-state index is 5.16. The van der Waals surface area contributed by atoms with Crippen LogP contribution < -0.4 is 4.74 Å². The number of methoxy groups -OCH3 is 1. The van der Waals surface area contributed by atoms with Crippen molar-refractivity contribution >= 4 is 32.9 Å². The molecule has 0 spiro atoms. The molecule has 0 aliphatic carbocycles. The highest BCUT2D eigenvalue weighted by Gasteiger charge is 2.20. The minimum absolute atomic E-state index is 0. The van der Waals surface area contributed by atoms with E-state index in [0.29, 0.717) is 0 Å².